The number of para-hydroxylation sites is 1. The van der Waals surface area contributed by atoms with Crippen LogP contribution in [0.15, 0.2) is 24.3 Å². The maximum absolute atomic E-state index is 12.1. The zero-order valence-electron chi connectivity index (χ0n) is 11.0. The normalized spacial score (nSPS) is 23.7. The summed E-state index contributed by atoms with van der Waals surface area (Å²) in [7, 11) is 0. The average molecular weight is 260 g/mol. The first-order valence-electron chi connectivity index (χ1n) is 7.01. The molecule has 0 aromatic heterocycles. The minimum Gasteiger partial charge on any atom is -0.388 e. The molecule has 2 aliphatic rings. The lowest BCUT2D eigenvalue weighted by Crippen LogP contribution is -2.46. The number of hydrogen-bond donors (Lipinski definition) is 3. The molecule has 0 radical (unpaired) electrons. The van der Waals surface area contributed by atoms with Crippen molar-refractivity contribution in [3.05, 3.63) is 29.8 Å². The number of hydrogen-bond acceptors (Lipinski definition) is 3. The van der Waals surface area contributed by atoms with Gasteiger partial charge in [-0.1, -0.05) is 31.0 Å². The summed E-state index contributed by atoms with van der Waals surface area (Å²) in [6.07, 6.45) is 4.43. The van der Waals surface area contributed by atoms with Gasteiger partial charge in [-0.25, -0.2) is 0 Å². The summed E-state index contributed by atoms with van der Waals surface area (Å²) in [6.45, 7) is 0.375. The van der Waals surface area contributed by atoms with E-state index >= 15 is 0 Å². The van der Waals surface area contributed by atoms with E-state index in [9.17, 15) is 9.90 Å². The molecule has 1 aliphatic carbocycles. The minimum atomic E-state index is -0.679. The predicted molar refractivity (Wildman–Crippen MR) is 74.0 cm³/mol. The first-order valence-corrected chi connectivity index (χ1v) is 7.01. The number of benzene rings is 1. The van der Waals surface area contributed by atoms with E-state index in [-0.39, 0.29) is 11.9 Å². The third-order valence-corrected chi connectivity index (χ3v) is 4.21. The van der Waals surface area contributed by atoms with Gasteiger partial charge in [0, 0.05) is 18.7 Å². The zero-order chi connectivity index (χ0) is 13.3. The fourth-order valence-corrected chi connectivity index (χ4v) is 3.04. The highest BCUT2D eigenvalue weighted by atomic mass is 16.3. The summed E-state index contributed by atoms with van der Waals surface area (Å²) in [6, 6.07) is 7.78. The molecule has 1 aliphatic heterocycles. The second kappa shape index (κ2) is 4.85. The highest BCUT2D eigenvalue weighted by molar-refractivity contribution is 5.87. The van der Waals surface area contributed by atoms with Gasteiger partial charge in [-0.05, 0) is 24.5 Å². The highest BCUT2D eigenvalue weighted by Crippen LogP contribution is 2.29. The SMILES string of the molecule is O=C(NCC1(O)CCCC1)C1Cc2ccccc2N1. The fourth-order valence-electron chi connectivity index (χ4n) is 3.04. The molecular formula is C15H20N2O2. The van der Waals surface area contributed by atoms with Crippen LogP contribution in [0.4, 0.5) is 5.69 Å². The summed E-state index contributed by atoms with van der Waals surface area (Å²) >= 11 is 0. The molecule has 1 atom stereocenters. The Labute approximate surface area is 113 Å². The molecular weight excluding hydrogens is 240 g/mol. The lowest BCUT2D eigenvalue weighted by Gasteiger charge is -2.23. The number of amides is 1. The predicted octanol–water partition coefficient (Wildman–Crippen LogP) is 1.44. The van der Waals surface area contributed by atoms with E-state index in [4.69, 9.17) is 0 Å². The second-order valence-corrected chi connectivity index (χ2v) is 5.71. The van der Waals surface area contributed by atoms with Crippen molar-refractivity contribution in [3.63, 3.8) is 0 Å². The molecule has 102 valence electrons. The topological polar surface area (TPSA) is 61.4 Å². The Morgan fingerprint density at radius 2 is 2.11 bits per heavy atom. The molecule has 1 unspecified atom stereocenters. The van der Waals surface area contributed by atoms with Crippen molar-refractivity contribution in [2.75, 3.05) is 11.9 Å². The molecule has 4 nitrogen and oxygen atoms in total. The number of nitrogens with one attached hydrogen (secondary N) is 2. The van der Waals surface area contributed by atoms with E-state index in [1.54, 1.807) is 0 Å². The molecule has 1 heterocycles. The van der Waals surface area contributed by atoms with Crippen molar-refractivity contribution in [1.82, 2.24) is 5.32 Å². The van der Waals surface area contributed by atoms with Gasteiger partial charge in [0.2, 0.25) is 5.91 Å². The van der Waals surface area contributed by atoms with Crippen LogP contribution in [-0.4, -0.2) is 29.2 Å². The Morgan fingerprint density at radius 3 is 2.84 bits per heavy atom. The number of aliphatic hydroxyl groups is 1. The van der Waals surface area contributed by atoms with Gasteiger partial charge in [-0.2, -0.15) is 0 Å². The molecule has 1 fully saturated rings. The van der Waals surface area contributed by atoms with Gasteiger partial charge >= 0.3 is 0 Å². The largest absolute Gasteiger partial charge is 0.388 e. The number of rotatable bonds is 3. The highest BCUT2D eigenvalue weighted by Gasteiger charge is 2.33. The fraction of sp³-hybridized carbons (Fsp3) is 0.533. The van der Waals surface area contributed by atoms with Crippen LogP contribution in [0, 0.1) is 0 Å². The Bertz CT molecular complexity index is 456. The van der Waals surface area contributed by atoms with E-state index < -0.39 is 5.60 Å². The van der Waals surface area contributed by atoms with Crippen LogP contribution in [-0.2, 0) is 11.2 Å². The van der Waals surface area contributed by atoms with Gasteiger partial charge in [-0.15, -0.1) is 0 Å². The molecule has 0 spiro atoms. The maximum atomic E-state index is 12.1. The summed E-state index contributed by atoms with van der Waals surface area (Å²) in [5.74, 6) is -0.0171. The van der Waals surface area contributed by atoms with Crippen molar-refractivity contribution in [2.45, 2.75) is 43.7 Å². The van der Waals surface area contributed by atoms with Gasteiger partial charge in [0.15, 0.2) is 0 Å². The number of anilines is 1. The number of carbonyl (C=O) groups is 1. The molecule has 0 saturated heterocycles. The van der Waals surface area contributed by atoms with E-state index in [0.29, 0.717) is 6.54 Å². The number of fused-ring (bicyclic) bond motifs is 1. The summed E-state index contributed by atoms with van der Waals surface area (Å²) in [5.41, 5.74) is 1.55. The smallest absolute Gasteiger partial charge is 0.242 e. The summed E-state index contributed by atoms with van der Waals surface area (Å²) < 4.78 is 0. The van der Waals surface area contributed by atoms with E-state index in [1.807, 2.05) is 24.3 Å². The van der Waals surface area contributed by atoms with Crippen LogP contribution in [0.3, 0.4) is 0 Å². The van der Waals surface area contributed by atoms with Crippen LogP contribution in [0.25, 0.3) is 0 Å². The minimum absolute atomic E-state index is 0.0171. The van der Waals surface area contributed by atoms with Crippen molar-refractivity contribution in [3.8, 4) is 0 Å². The van der Waals surface area contributed by atoms with Gasteiger partial charge in [0.25, 0.3) is 0 Å². The van der Waals surface area contributed by atoms with Crippen LogP contribution >= 0.6 is 0 Å². The lowest BCUT2D eigenvalue weighted by atomic mass is 10.0. The monoisotopic (exact) mass is 260 g/mol. The molecule has 1 amide bonds. The molecule has 1 saturated carbocycles. The molecule has 19 heavy (non-hydrogen) atoms. The Morgan fingerprint density at radius 1 is 1.37 bits per heavy atom. The Hall–Kier alpha value is -1.55. The average Bonchev–Trinajstić information content (AvgIpc) is 3.02. The first-order chi connectivity index (χ1) is 9.16. The van der Waals surface area contributed by atoms with E-state index in [0.717, 1.165) is 37.8 Å². The Kier molecular flexibility index (Phi) is 3.19. The van der Waals surface area contributed by atoms with E-state index in [2.05, 4.69) is 10.6 Å². The van der Waals surface area contributed by atoms with E-state index in [1.165, 1.54) is 5.56 Å². The molecule has 1 aromatic rings. The second-order valence-electron chi connectivity index (χ2n) is 5.71. The first kappa shape index (κ1) is 12.5. The van der Waals surface area contributed by atoms with Gasteiger partial charge in [-0.3, -0.25) is 4.79 Å². The lowest BCUT2D eigenvalue weighted by molar-refractivity contribution is -0.122. The molecule has 0 bridgehead atoms. The van der Waals surface area contributed by atoms with Crippen LogP contribution < -0.4 is 10.6 Å². The van der Waals surface area contributed by atoms with Crippen LogP contribution in [0.2, 0.25) is 0 Å². The quantitative estimate of drug-likeness (QED) is 0.771. The number of carbonyl (C=O) groups excluding carboxylic acids is 1. The van der Waals surface area contributed by atoms with Crippen molar-refractivity contribution in [2.24, 2.45) is 0 Å². The molecule has 4 heteroatoms. The van der Waals surface area contributed by atoms with Crippen molar-refractivity contribution >= 4 is 11.6 Å². The van der Waals surface area contributed by atoms with Crippen LogP contribution in [0.5, 0.6) is 0 Å². The molecule has 3 N–H and O–H groups in total. The molecule has 3 rings (SSSR count). The standard InChI is InChI=1S/C15H20N2O2/c18-14(16-10-15(19)7-3-4-8-15)13-9-11-5-1-2-6-12(11)17-13/h1-2,5-6,13,17,19H,3-4,7-10H2,(H,16,18). The van der Waals surface area contributed by atoms with Crippen molar-refractivity contribution < 1.29 is 9.90 Å². The van der Waals surface area contributed by atoms with Crippen molar-refractivity contribution in [1.29, 1.82) is 0 Å². The third kappa shape index (κ3) is 2.59. The van der Waals surface area contributed by atoms with Gasteiger partial charge in [0.1, 0.15) is 6.04 Å². The summed E-state index contributed by atoms with van der Waals surface area (Å²) in [5, 5.41) is 16.3. The Balaban J connectivity index is 1.55. The van der Waals surface area contributed by atoms with Gasteiger partial charge in [0.05, 0.1) is 5.60 Å². The molecule has 1 aromatic carbocycles. The van der Waals surface area contributed by atoms with Gasteiger partial charge < -0.3 is 15.7 Å². The zero-order valence-corrected chi connectivity index (χ0v) is 11.0. The van der Waals surface area contributed by atoms with Crippen LogP contribution in [0.1, 0.15) is 31.2 Å². The summed E-state index contributed by atoms with van der Waals surface area (Å²) in [4.78, 5) is 12.1. The third-order valence-electron chi connectivity index (χ3n) is 4.21. The maximum Gasteiger partial charge on any atom is 0.242 e.